The van der Waals surface area contributed by atoms with E-state index < -0.39 is 0 Å². The number of benzene rings is 1. The molecule has 0 fully saturated rings. The summed E-state index contributed by atoms with van der Waals surface area (Å²) in [6, 6.07) is 9.14. The maximum atomic E-state index is 2.43. The highest BCUT2D eigenvalue weighted by Crippen LogP contribution is 2.36. The largest absolute Gasteiger partial charge is 0.0807 e. The number of aryl methyl sites for hydroxylation is 1. The number of rotatable bonds is 4. The van der Waals surface area contributed by atoms with E-state index in [1.165, 1.54) is 29.5 Å². The van der Waals surface area contributed by atoms with Gasteiger partial charge in [-0.1, -0.05) is 61.9 Å². The summed E-state index contributed by atoms with van der Waals surface area (Å²) in [4.78, 5) is 0. The summed E-state index contributed by atoms with van der Waals surface area (Å²) in [6.45, 7) is 6.70. The van der Waals surface area contributed by atoms with Crippen molar-refractivity contribution < 1.29 is 0 Å². The Morgan fingerprint density at radius 2 is 1.72 bits per heavy atom. The van der Waals surface area contributed by atoms with Gasteiger partial charge < -0.3 is 0 Å². The molecule has 0 saturated heterocycles. The molecule has 1 atom stereocenters. The van der Waals surface area contributed by atoms with Crippen LogP contribution >= 0.6 is 0 Å². The highest BCUT2D eigenvalue weighted by atomic mass is 14.3. The van der Waals surface area contributed by atoms with Crippen molar-refractivity contribution in [2.24, 2.45) is 5.41 Å². The van der Waals surface area contributed by atoms with E-state index in [1.54, 1.807) is 0 Å². The van der Waals surface area contributed by atoms with Crippen molar-refractivity contribution in [3.63, 3.8) is 0 Å². The molecule has 0 aromatic heterocycles. The smallest absolute Gasteiger partial charge is 0.00426 e. The minimum atomic E-state index is 0.341. The first kappa shape index (κ1) is 13.1. The molecular weight excluding hydrogens is 216 g/mol. The normalized spacial score (nSPS) is 22.9. The zero-order chi connectivity index (χ0) is 13.0. The number of hydrogen-bond donors (Lipinski definition) is 0. The van der Waals surface area contributed by atoms with Gasteiger partial charge in [-0.2, -0.15) is 0 Å². The van der Waals surface area contributed by atoms with Gasteiger partial charge in [-0.15, -0.1) is 0 Å². The Hall–Kier alpha value is -1.30. The number of allylic oxidation sites excluding steroid dienone is 4. The molecule has 1 unspecified atom stereocenters. The fraction of sp³-hybridized carbons (Fsp3) is 0.444. The first-order chi connectivity index (χ1) is 8.67. The minimum Gasteiger partial charge on any atom is -0.0807 e. The molecule has 0 bridgehead atoms. The van der Waals surface area contributed by atoms with Crippen molar-refractivity contribution in [2.75, 3.05) is 0 Å². The maximum Gasteiger partial charge on any atom is -0.00426 e. The van der Waals surface area contributed by atoms with Gasteiger partial charge in [-0.25, -0.2) is 0 Å². The van der Waals surface area contributed by atoms with Crippen LogP contribution in [0.15, 0.2) is 48.1 Å². The first-order valence-corrected chi connectivity index (χ1v) is 7.11. The van der Waals surface area contributed by atoms with Gasteiger partial charge in [0.05, 0.1) is 0 Å². The number of hydrogen-bond acceptors (Lipinski definition) is 0. The second-order valence-corrected chi connectivity index (χ2v) is 5.55. The van der Waals surface area contributed by atoms with Crippen LogP contribution in [0.1, 0.15) is 44.7 Å². The van der Waals surface area contributed by atoms with Gasteiger partial charge in [0.25, 0.3) is 0 Å². The first-order valence-electron chi connectivity index (χ1n) is 7.11. The van der Waals surface area contributed by atoms with Crippen LogP contribution in [0, 0.1) is 5.41 Å². The van der Waals surface area contributed by atoms with Crippen molar-refractivity contribution in [3.8, 4) is 0 Å². The van der Waals surface area contributed by atoms with E-state index in [4.69, 9.17) is 0 Å². The van der Waals surface area contributed by atoms with Crippen molar-refractivity contribution in [1.29, 1.82) is 0 Å². The van der Waals surface area contributed by atoms with Crippen LogP contribution < -0.4 is 0 Å². The van der Waals surface area contributed by atoms with E-state index in [2.05, 4.69) is 63.3 Å². The minimum absolute atomic E-state index is 0.341. The fourth-order valence-corrected chi connectivity index (χ4v) is 2.63. The van der Waals surface area contributed by atoms with Gasteiger partial charge in [-0.3, -0.25) is 0 Å². The Kier molecular flexibility index (Phi) is 4.06. The lowest BCUT2D eigenvalue weighted by Crippen LogP contribution is -2.21. The maximum absolute atomic E-state index is 2.43. The van der Waals surface area contributed by atoms with E-state index in [0.717, 1.165) is 12.8 Å². The fourth-order valence-electron chi connectivity index (χ4n) is 2.63. The summed E-state index contributed by atoms with van der Waals surface area (Å²) in [5, 5.41) is 0. The highest BCUT2D eigenvalue weighted by molar-refractivity contribution is 5.29. The Balaban J connectivity index is 2.13. The molecule has 1 aromatic rings. The van der Waals surface area contributed by atoms with Crippen LogP contribution in [0.2, 0.25) is 0 Å². The highest BCUT2D eigenvalue weighted by Gasteiger charge is 2.25. The Morgan fingerprint density at radius 3 is 2.22 bits per heavy atom. The van der Waals surface area contributed by atoms with Crippen molar-refractivity contribution in [1.82, 2.24) is 0 Å². The summed E-state index contributed by atoms with van der Waals surface area (Å²) >= 11 is 0. The van der Waals surface area contributed by atoms with Crippen LogP contribution in [0.5, 0.6) is 0 Å². The summed E-state index contributed by atoms with van der Waals surface area (Å²) < 4.78 is 0. The SMILES string of the molecule is CCc1ccc(CC2(CC)C=CC(C)=CC2)cc1. The third-order valence-corrected chi connectivity index (χ3v) is 4.22. The molecule has 96 valence electrons. The third kappa shape index (κ3) is 2.93. The van der Waals surface area contributed by atoms with Gasteiger partial charge in [0.15, 0.2) is 0 Å². The van der Waals surface area contributed by atoms with Crippen LogP contribution in [0.4, 0.5) is 0 Å². The van der Waals surface area contributed by atoms with Crippen molar-refractivity contribution in [2.45, 2.75) is 46.5 Å². The lowest BCUT2D eigenvalue weighted by Gasteiger charge is -2.31. The van der Waals surface area contributed by atoms with E-state index in [1.807, 2.05) is 0 Å². The van der Waals surface area contributed by atoms with E-state index in [0.29, 0.717) is 5.41 Å². The van der Waals surface area contributed by atoms with E-state index >= 15 is 0 Å². The molecule has 1 aromatic carbocycles. The molecule has 0 radical (unpaired) electrons. The molecule has 0 heterocycles. The molecule has 0 saturated carbocycles. The molecule has 1 aliphatic rings. The lowest BCUT2D eigenvalue weighted by molar-refractivity contribution is 0.364. The standard InChI is InChI=1S/C18H24/c1-4-16-6-8-17(9-7-16)14-18(5-2)12-10-15(3)11-13-18/h6-12H,4-5,13-14H2,1-3H3. The van der Waals surface area contributed by atoms with Gasteiger partial charge in [-0.05, 0) is 49.1 Å². The second-order valence-electron chi connectivity index (χ2n) is 5.55. The average molecular weight is 240 g/mol. The molecule has 0 nitrogen and oxygen atoms in total. The van der Waals surface area contributed by atoms with Crippen molar-refractivity contribution in [3.05, 3.63) is 59.2 Å². The Labute approximate surface area is 111 Å². The average Bonchev–Trinajstić information content (AvgIpc) is 2.43. The third-order valence-electron chi connectivity index (χ3n) is 4.22. The summed E-state index contributed by atoms with van der Waals surface area (Å²) in [6.07, 6.45) is 11.8. The predicted octanol–water partition coefficient (Wildman–Crippen LogP) is 5.09. The lowest BCUT2D eigenvalue weighted by atomic mass is 9.73. The van der Waals surface area contributed by atoms with Crippen LogP contribution in [0.25, 0.3) is 0 Å². The molecule has 0 spiro atoms. The van der Waals surface area contributed by atoms with Crippen LogP contribution in [-0.2, 0) is 12.8 Å². The predicted molar refractivity (Wildman–Crippen MR) is 79.8 cm³/mol. The topological polar surface area (TPSA) is 0 Å². The summed E-state index contributed by atoms with van der Waals surface area (Å²) in [5.41, 5.74) is 4.64. The van der Waals surface area contributed by atoms with Gasteiger partial charge in [0, 0.05) is 0 Å². The second kappa shape index (κ2) is 5.56. The van der Waals surface area contributed by atoms with Crippen molar-refractivity contribution >= 4 is 0 Å². The van der Waals surface area contributed by atoms with Gasteiger partial charge >= 0.3 is 0 Å². The zero-order valence-corrected chi connectivity index (χ0v) is 11.9. The Morgan fingerprint density at radius 1 is 1.06 bits per heavy atom. The summed E-state index contributed by atoms with van der Waals surface area (Å²) in [5.74, 6) is 0. The molecule has 2 rings (SSSR count). The van der Waals surface area contributed by atoms with Crippen LogP contribution in [-0.4, -0.2) is 0 Å². The van der Waals surface area contributed by atoms with Crippen LogP contribution in [0.3, 0.4) is 0 Å². The van der Waals surface area contributed by atoms with Gasteiger partial charge in [0.1, 0.15) is 0 Å². The zero-order valence-electron chi connectivity index (χ0n) is 11.9. The molecule has 0 amide bonds. The monoisotopic (exact) mass is 240 g/mol. The van der Waals surface area contributed by atoms with E-state index in [-0.39, 0.29) is 0 Å². The van der Waals surface area contributed by atoms with E-state index in [9.17, 15) is 0 Å². The molecule has 0 aliphatic heterocycles. The Bertz CT molecular complexity index is 447. The quantitative estimate of drug-likeness (QED) is 0.687. The molecule has 0 heteroatoms. The molecular formula is C18H24. The van der Waals surface area contributed by atoms with Gasteiger partial charge in [0.2, 0.25) is 0 Å². The molecule has 0 N–H and O–H groups in total. The molecule has 18 heavy (non-hydrogen) atoms. The molecule has 1 aliphatic carbocycles. The summed E-state index contributed by atoms with van der Waals surface area (Å²) in [7, 11) is 0.